The number of carboxylic acid groups (broad SMARTS) is 1. The van der Waals surface area contributed by atoms with Crippen molar-refractivity contribution in [2.75, 3.05) is 13.7 Å². The molecule has 0 fully saturated rings. The van der Waals surface area contributed by atoms with Crippen LogP contribution in [0.3, 0.4) is 0 Å². The molecule has 0 aliphatic rings. The quantitative estimate of drug-likeness (QED) is 0.726. The van der Waals surface area contributed by atoms with Crippen LogP contribution < -0.4 is 0 Å². The maximum absolute atomic E-state index is 12.0. The van der Waals surface area contributed by atoms with Crippen LogP contribution in [0.2, 0.25) is 0 Å². The number of hydrogen-bond acceptors (Lipinski definition) is 6. The van der Waals surface area contributed by atoms with E-state index in [-0.39, 0.29) is 0 Å². The molecule has 8 nitrogen and oxygen atoms in total. The number of benzene rings is 1. The first-order chi connectivity index (χ1) is 11.4. The lowest BCUT2D eigenvalue weighted by Gasteiger charge is -2.28. The number of hydrogen-bond donors (Lipinski definition) is 1. The van der Waals surface area contributed by atoms with E-state index in [0.29, 0.717) is 5.56 Å². The number of amides is 1. The van der Waals surface area contributed by atoms with E-state index >= 15 is 0 Å². The third-order valence-corrected chi connectivity index (χ3v) is 4.21. The minimum Gasteiger partial charge on any atom is -0.480 e. The van der Waals surface area contributed by atoms with Crippen LogP contribution in [0.1, 0.15) is 26.3 Å². The maximum Gasteiger partial charge on any atom is 0.410 e. The van der Waals surface area contributed by atoms with Gasteiger partial charge in [-0.3, -0.25) is 9.08 Å². The molecule has 1 aromatic carbocycles. The molecule has 0 aromatic heterocycles. The van der Waals surface area contributed by atoms with Gasteiger partial charge in [0.25, 0.3) is 10.1 Å². The van der Waals surface area contributed by atoms with Crippen LogP contribution in [-0.2, 0) is 29.6 Å². The van der Waals surface area contributed by atoms with E-state index in [9.17, 15) is 23.1 Å². The summed E-state index contributed by atoms with van der Waals surface area (Å²) in [5.74, 6) is -1.79. The van der Waals surface area contributed by atoms with E-state index in [4.69, 9.17) is 8.92 Å². The van der Waals surface area contributed by atoms with Crippen molar-refractivity contribution in [1.29, 1.82) is 0 Å². The Balaban J connectivity index is 2.75. The van der Waals surface area contributed by atoms with Gasteiger partial charge in [0.2, 0.25) is 0 Å². The molecule has 1 N–H and O–H groups in total. The molecular formula is C16H23NO7S. The number of carbonyl (C=O) groups excluding carboxylic acids is 1. The number of likely N-dealkylation sites (N-methyl/N-ethyl adjacent to an activating group) is 1. The highest BCUT2D eigenvalue weighted by atomic mass is 32.2. The molecule has 0 saturated carbocycles. The van der Waals surface area contributed by atoms with Crippen molar-refractivity contribution in [3.63, 3.8) is 0 Å². The van der Waals surface area contributed by atoms with Gasteiger partial charge in [-0.1, -0.05) is 30.3 Å². The fraction of sp³-hybridized carbons (Fsp3) is 0.500. The maximum atomic E-state index is 12.0. The molecule has 0 unspecified atom stereocenters. The van der Waals surface area contributed by atoms with Crippen molar-refractivity contribution in [2.45, 2.75) is 38.2 Å². The summed E-state index contributed by atoms with van der Waals surface area (Å²) in [6, 6.07) is 6.83. The van der Waals surface area contributed by atoms with Crippen molar-refractivity contribution >= 4 is 22.2 Å². The number of aliphatic carboxylic acids is 1. The molecule has 140 valence electrons. The van der Waals surface area contributed by atoms with E-state index in [1.165, 1.54) is 7.05 Å². The molecule has 1 atom stereocenters. The molecule has 0 aliphatic heterocycles. The SMILES string of the molecule is CN(C(=O)OC(C)(C)C)[C@@H](COS(=O)(=O)Cc1ccccc1)C(=O)O. The molecule has 0 aliphatic carbocycles. The van der Waals surface area contributed by atoms with Gasteiger partial charge in [0.1, 0.15) is 11.4 Å². The van der Waals surface area contributed by atoms with Gasteiger partial charge in [-0.2, -0.15) is 8.42 Å². The Morgan fingerprint density at radius 1 is 1.20 bits per heavy atom. The predicted molar refractivity (Wildman–Crippen MR) is 90.4 cm³/mol. The second-order valence-corrected chi connectivity index (χ2v) is 8.06. The van der Waals surface area contributed by atoms with Gasteiger partial charge in [0, 0.05) is 7.05 Å². The first-order valence-corrected chi connectivity index (χ1v) is 9.08. The van der Waals surface area contributed by atoms with E-state index < -0.39 is 46.2 Å². The summed E-state index contributed by atoms with van der Waals surface area (Å²) < 4.78 is 33.9. The minimum absolute atomic E-state index is 0.393. The van der Waals surface area contributed by atoms with Crippen molar-refractivity contribution in [3.05, 3.63) is 35.9 Å². The lowest BCUT2D eigenvalue weighted by molar-refractivity contribution is -0.143. The Labute approximate surface area is 147 Å². The van der Waals surface area contributed by atoms with Crippen molar-refractivity contribution in [2.24, 2.45) is 0 Å². The third kappa shape index (κ3) is 7.53. The second-order valence-electron chi connectivity index (χ2n) is 6.42. The highest BCUT2D eigenvalue weighted by Crippen LogP contribution is 2.13. The zero-order valence-corrected chi connectivity index (χ0v) is 15.4. The Kier molecular flexibility index (Phi) is 6.95. The number of ether oxygens (including phenoxy) is 1. The smallest absolute Gasteiger partial charge is 0.410 e. The summed E-state index contributed by atoms with van der Waals surface area (Å²) in [5.41, 5.74) is -0.302. The van der Waals surface area contributed by atoms with Gasteiger partial charge in [0.05, 0.1) is 6.61 Å². The lowest BCUT2D eigenvalue weighted by Crippen LogP contribution is -2.47. The number of carbonyl (C=O) groups is 2. The average molecular weight is 373 g/mol. The molecule has 1 amide bonds. The molecule has 1 rings (SSSR count). The Morgan fingerprint density at radius 2 is 1.76 bits per heavy atom. The summed E-state index contributed by atoms with van der Waals surface area (Å²) in [7, 11) is -2.79. The van der Waals surface area contributed by atoms with Crippen LogP contribution in [0.15, 0.2) is 30.3 Å². The topological polar surface area (TPSA) is 110 Å². The minimum atomic E-state index is -4.00. The van der Waals surface area contributed by atoms with E-state index in [2.05, 4.69) is 0 Å². The first-order valence-electron chi connectivity index (χ1n) is 7.51. The third-order valence-electron chi connectivity index (χ3n) is 3.03. The normalized spacial score (nSPS) is 13.1. The molecule has 0 saturated heterocycles. The van der Waals surface area contributed by atoms with Crippen molar-refractivity contribution in [3.8, 4) is 0 Å². The van der Waals surface area contributed by atoms with Crippen LogP contribution in [-0.4, -0.2) is 55.8 Å². The molecule has 9 heteroatoms. The van der Waals surface area contributed by atoms with Crippen molar-refractivity contribution < 1.29 is 32.0 Å². The summed E-state index contributed by atoms with van der Waals surface area (Å²) in [6.07, 6.45) is -0.885. The Hall–Kier alpha value is -2.13. The van der Waals surface area contributed by atoms with E-state index in [1.807, 2.05) is 0 Å². The standard InChI is InChI=1S/C16H23NO7S/c1-16(2,3)24-15(20)17(4)13(14(18)19)10-23-25(21,22)11-12-8-6-5-7-9-12/h5-9,13H,10-11H2,1-4H3,(H,18,19)/t13-/m0/s1. The molecule has 0 radical (unpaired) electrons. The summed E-state index contributed by atoms with van der Waals surface area (Å²) in [4.78, 5) is 24.1. The van der Waals surface area contributed by atoms with Crippen LogP contribution in [0.25, 0.3) is 0 Å². The van der Waals surface area contributed by atoms with Crippen molar-refractivity contribution in [1.82, 2.24) is 4.90 Å². The average Bonchev–Trinajstić information content (AvgIpc) is 2.45. The van der Waals surface area contributed by atoms with Crippen LogP contribution in [0, 0.1) is 0 Å². The zero-order chi connectivity index (χ0) is 19.3. The molecule has 0 spiro atoms. The number of rotatable bonds is 7. The fourth-order valence-corrected chi connectivity index (χ4v) is 2.82. The van der Waals surface area contributed by atoms with E-state index in [0.717, 1.165) is 4.90 Å². The van der Waals surface area contributed by atoms with Gasteiger partial charge in [-0.15, -0.1) is 0 Å². The highest BCUT2D eigenvalue weighted by Gasteiger charge is 2.31. The number of carboxylic acids is 1. The summed E-state index contributed by atoms with van der Waals surface area (Å²) in [6.45, 7) is 4.19. The van der Waals surface area contributed by atoms with Gasteiger partial charge >= 0.3 is 12.1 Å². The molecular weight excluding hydrogens is 350 g/mol. The van der Waals surface area contributed by atoms with Gasteiger partial charge in [0.15, 0.2) is 6.04 Å². The van der Waals surface area contributed by atoms with Gasteiger partial charge in [-0.25, -0.2) is 9.59 Å². The first kappa shape index (κ1) is 20.9. The predicted octanol–water partition coefficient (Wildman–Crippen LogP) is 1.85. The second kappa shape index (κ2) is 8.30. The van der Waals surface area contributed by atoms with Gasteiger partial charge in [-0.05, 0) is 26.3 Å². The Bertz CT molecular complexity index is 695. The lowest BCUT2D eigenvalue weighted by atomic mass is 10.2. The van der Waals surface area contributed by atoms with Crippen LogP contribution in [0.4, 0.5) is 4.79 Å². The summed E-state index contributed by atoms with van der Waals surface area (Å²) in [5, 5.41) is 9.25. The highest BCUT2D eigenvalue weighted by molar-refractivity contribution is 7.85. The molecule has 25 heavy (non-hydrogen) atoms. The van der Waals surface area contributed by atoms with E-state index in [1.54, 1.807) is 51.1 Å². The molecule has 0 bridgehead atoms. The van der Waals surface area contributed by atoms with Crippen LogP contribution in [0.5, 0.6) is 0 Å². The van der Waals surface area contributed by atoms with Crippen LogP contribution >= 0.6 is 0 Å². The zero-order valence-electron chi connectivity index (χ0n) is 14.6. The number of nitrogens with zero attached hydrogens (tertiary/aromatic N) is 1. The fourth-order valence-electron chi connectivity index (χ4n) is 1.80. The monoisotopic (exact) mass is 373 g/mol. The Morgan fingerprint density at radius 3 is 2.24 bits per heavy atom. The molecule has 0 heterocycles. The summed E-state index contributed by atoms with van der Waals surface area (Å²) >= 11 is 0. The molecule has 1 aromatic rings. The van der Waals surface area contributed by atoms with Gasteiger partial charge < -0.3 is 9.84 Å². The largest absolute Gasteiger partial charge is 0.480 e.